The van der Waals surface area contributed by atoms with E-state index in [4.69, 9.17) is 5.21 Å². The van der Waals surface area contributed by atoms with E-state index >= 15 is 0 Å². The van der Waals surface area contributed by atoms with Crippen molar-refractivity contribution in [3.05, 3.63) is 36.2 Å². The van der Waals surface area contributed by atoms with E-state index in [-0.39, 0.29) is 0 Å². The van der Waals surface area contributed by atoms with Crippen LogP contribution in [0.25, 0.3) is 5.52 Å². The molecule has 0 aliphatic heterocycles. The van der Waals surface area contributed by atoms with Crippen LogP contribution in [0.5, 0.6) is 0 Å². The molecule has 0 saturated heterocycles. The lowest BCUT2D eigenvalue weighted by atomic mass is 10.4. The van der Waals surface area contributed by atoms with E-state index in [1.165, 1.54) is 6.21 Å². The van der Waals surface area contributed by atoms with Crippen molar-refractivity contribution in [2.45, 2.75) is 0 Å². The minimum Gasteiger partial charge on any atom is -0.411 e. The van der Waals surface area contributed by atoms with Crippen LogP contribution in [0.15, 0.2) is 35.6 Å². The van der Waals surface area contributed by atoms with Gasteiger partial charge in [-0.2, -0.15) is 5.10 Å². The van der Waals surface area contributed by atoms with Crippen LogP contribution in [0.2, 0.25) is 0 Å². The van der Waals surface area contributed by atoms with Crippen LogP contribution in [0.3, 0.4) is 0 Å². The molecule has 12 heavy (non-hydrogen) atoms. The number of nitrogens with zero attached hydrogens (tertiary/aromatic N) is 3. The maximum absolute atomic E-state index is 8.27. The highest BCUT2D eigenvalue weighted by Gasteiger charge is 1.96. The van der Waals surface area contributed by atoms with Gasteiger partial charge >= 0.3 is 0 Å². The third kappa shape index (κ3) is 1.03. The van der Waals surface area contributed by atoms with E-state index in [1.54, 1.807) is 4.52 Å². The van der Waals surface area contributed by atoms with Gasteiger partial charge in [-0.05, 0) is 18.2 Å². The number of hydrogen-bond acceptors (Lipinski definition) is 3. The van der Waals surface area contributed by atoms with Gasteiger partial charge in [-0.15, -0.1) is 0 Å². The molecule has 0 bridgehead atoms. The first-order chi connectivity index (χ1) is 5.90. The average molecular weight is 161 g/mol. The summed E-state index contributed by atoms with van der Waals surface area (Å²) in [4.78, 5) is 0. The fourth-order valence-corrected chi connectivity index (χ4v) is 1.08. The van der Waals surface area contributed by atoms with E-state index in [0.717, 1.165) is 5.52 Å². The summed E-state index contributed by atoms with van der Waals surface area (Å²) in [6, 6.07) is 7.58. The molecule has 0 amide bonds. The molecule has 0 atom stereocenters. The van der Waals surface area contributed by atoms with Gasteiger partial charge in [0.15, 0.2) is 0 Å². The first kappa shape index (κ1) is 6.84. The van der Waals surface area contributed by atoms with Crippen molar-refractivity contribution in [1.29, 1.82) is 0 Å². The Hall–Kier alpha value is -1.84. The fourth-order valence-electron chi connectivity index (χ4n) is 1.08. The molecule has 2 aromatic rings. The van der Waals surface area contributed by atoms with Gasteiger partial charge in [0.25, 0.3) is 0 Å². The zero-order valence-electron chi connectivity index (χ0n) is 6.25. The topological polar surface area (TPSA) is 49.9 Å². The highest BCUT2D eigenvalue weighted by atomic mass is 16.4. The molecule has 0 unspecified atom stereocenters. The summed E-state index contributed by atoms with van der Waals surface area (Å²) >= 11 is 0. The van der Waals surface area contributed by atoms with E-state index < -0.39 is 0 Å². The minimum atomic E-state index is 0.642. The highest BCUT2D eigenvalue weighted by molar-refractivity contribution is 5.78. The Bertz CT molecular complexity index is 386. The van der Waals surface area contributed by atoms with Crippen molar-refractivity contribution < 1.29 is 5.21 Å². The number of fused-ring (bicyclic) bond motifs is 1. The number of pyridine rings is 1. The second-order valence-electron chi connectivity index (χ2n) is 2.38. The van der Waals surface area contributed by atoms with E-state index in [2.05, 4.69) is 10.3 Å². The standard InChI is InChI=1S/C8H7N3O/c12-9-6-7-5-8-3-1-2-4-11(8)10-7/h1-6,12H/b9-6+. The Morgan fingerprint density at radius 1 is 1.50 bits per heavy atom. The molecule has 4 nitrogen and oxygen atoms in total. The van der Waals surface area contributed by atoms with Crippen molar-refractivity contribution in [2.75, 3.05) is 0 Å². The van der Waals surface area contributed by atoms with Gasteiger partial charge < -0.3 is 5.21 Å². The number of rotatable bonds is 1. The molecule has 0 radical (unpaired) electrons. The molecule has 2 aromatic heterocycles. The van der Waals surface area contributed by atoms with Gasteiger partial charge in [0, 0.05) is 6.20 Å². The summed E-state index contributed by atoms with van der Waals surface area (Å²) in [5.74, 6) is 0. The molecule has 0 aliphatic rings. The predicted octanol–water partition coefficient (Wildman–Crippen LogP) is 1.14. The van der Waals surface area contributed by atoms with Crippen LogP contribution in [0, 0.1) is 0 Å². The third-order valence-electron chi connectivity index (χ3n) is 1.58. The molecule has 0 fully saturated rings. The molecule has 0 saturated carbocycles. The van der Waals surface area contributed by atoms with Gasteiger partial charge in [0.1, 0.15) is 5.69 Å². The first-order valence-corrected chi connectivity index (χ1v) is 3.52. The van der Waals surface area contributed by atoms with Crippen LogP contribution in [-0.4, -0.2) is 21.0 Å². The SMILES string of the molecule is O/N=C/c1cc2ccccn2n1. The number of aromatic nitrogens is 2. The van der Waals surface area contributed by atoms with Crippen LogP contribution < -0.4 is 0 Å². The fraction of sp³-hybridized carbons (Fsp3) is 0. The van der Waals surface area contributed by atoms with Crippen LogP contribution in [-0.2, 0) is 0 Å². The van der Waals surface area contributed by atoms with Crippen LogP contribution >= 0.6 is 0 Å². The van der Waals surface area contributed by atoms with Gasteiger partial charge in [0.05, 0.1) is 11.7 Å². The normalized spacial score (nSPS) is 11.3. The maximum atomic E-state index is 8.27. The van der Waals surface area contributed by atoms with Gasteiger partial charge in [0.2, 0.25) is 0 Å². The average Bonchev–Trinajstić information content (AvgIpc) is 2.47. The molecule has 2 heterocycles. The number of hydrogen-bond donors (Lipinski definition) is 1. The smallest absolute Gasteiger partial charge is 0.108 e. The van der Waals surface area contributed by atoms with Crippen molar-refractivity contribution in [2.24, 2.45) is 5.16 Å². The summed E-state index contributed by atoms with van der Waals surface area (Å²) in [6.45, 7) is 0. The van der Waals surface area contributed by atoms with E-state index in [0.29, 0.717) is 5.69 Å². The second-order valence-corrected chi connectivity index (χ2v) is 2.38. The zero-order chi connectivity index (χ0) is 8.39. The molecule has 0 aliphatic carbocycles. The Labute approximate surface area is 68.7 Å². The van der Waals surface area contributed by atoms with Gasteiger partial charge in [-0.3, -0.25) is 0 Å². The lowest BCUT2D eigenvalue weighted by Crippen LogP contribution is -1.86. The zero-order valence-corrected chi connectivity index (χ0v) is 6.25. The van der Waals surface area contributed by atoms with Crippen LogP contribution in [0.1, 0.15) is 5.69 Å². The monoisotopic (exact) mass is 161 g/mol. The van der Waals surface area contributed by atoms with Crippen molar-refractivity contribution in [1.82, 2.24) is 9.61 Å². The molecule has 4 heteroatoms. The first-order valence-electron chi connectivity index (χ1n) is 3.52. The maximum Gasteiger partial charge on any atom is 0.108 e. The summed E-state index contributed by atoms with van der Waals surface area (Å²) in [5.41, 5.74) is 1.62. The summed E-state index contributed by atoms with van der Waals surface area (Å²) in [7, 11) is 0. The quantitative estimate of drug-likeness (QED) is 0.387. The molecule has 0 aromatic carbocycles. The summed E-state index contributed by atoms with van der Waals surface area (Å²) in [6.07, 6.45) is 3.14. The molecule has 1 N–H and O–H groups in total. The number of oxime groups is 1. The van der Waals surface area contributed by atoms with Gasteiger partial charge in [-0.25, -0.2) is 4.52 Å². The molecular formula is C8H7N3O. The Morgan fingerprint density at radius 3 is 3.17 bits per heavy atom. The summed E-state index contributed by atoms with van der Waals surface area (Å²) < 4.78 is 1.72. The molecular weight excluding hydrogens is 154 g/mol. The minimum absolute atomic E-state index is 0.642. The van der Waals surface area contributed by atoms with Crippen molar-refractivity contribution >= 4 is 11.7 Å². The van der Waals surface area contributed by atoms with E-state index in [1.807, 2.05) is 30.5 Å². The second kappa shape index (κ2) is 2.65. The molecule has 2 rings (SSSR count). The Morgan fingerprint density at radius 2 is 2.42 bits per heavy atom. The third-order valence-corrected chi connectivity index (χ3v) is 1.58. The van der Waals surface area contributed by atoms with E-state index in [9.17, 15) is 0 Å². The molecule has 60 valence electrons. The Kier molecular flexibility index (Phi) is 1.51. The van der Waals surface area contributed by atoms with Crippen LogP contribution in [0.4, 0.5) is 0 Å². The highest BCUT2D eigenvalue weighted by Crippen LogP contribution is 2.03. The largest absolute Gasteiger partial charge is 0.411 e. The Balaban J connectivity index is 2.62. The van der Waals surface area contributed by atoms with Crippen molar-refractivity contribution in [3.63, 3.8) is 0 Å². The molecule has 0 spiro atoms. The van der Waals surface area contributed by atoms with Gasteiger partial charge in [-0.1, -0.05) is 11.2 Å². The summed E-state index contributed by atoms with van der Waals surface area (Å²) in [5, 5.41) is 15.3. The lowest BCUT2D eigenvalue weighted by Gasteiger charge is -1.86. The van der Waals surface area contributed by atoms with Crippen molar-refractivity contribution in [3.8, 4) is 0 Å². The predicted molar refractivity (Wildman–Crippen MR) is 44.6 cm³/mol. The lowest BCUT2D eigenvalue weighted by molar-refractivity contribution is 0.321.